The Morgan fingerprint density at radius 2 is 1.78 bits per heavy atom. The fraction of sp³-hybridized carbons (Fsp3) is 0.111. The van der Waals surface area contributed by atoms with Gasteiger partial charge in [0, 0.05) is 11.4 Å². The zero-order valence-corrected chi connectivity index (χ0v) is 14.4. The third kappa shape index (κ3) is 4.13. The van der Waals surface area contributed by atoms with Crippen LogP contribution in [0.4, 0.5) is 17.6 Å². The number of imidazole rings is 1. The van der Waals surface area contributed by atoms with E-state index in [4.69, 9.17) is 0 Å². The molecule has 0 radical (unpaired) electrons. The van der Waals surface area contributed by atoms with Gasteiger partial charge in [-0.3, -0.25) is 4.57 Å². The molecule has 0 saturated heterocycles. The van der Waals surface area contributed by atoms with E-state index >= 15 is 0 Å². The van der Waals surface area contributed by atoms with Gasteiger partial charge in [0.15, 0.2) is 10.9 Å². The van der Waals surface area contributed by atoms with Crippen molar-refractivity contribution in [1.29, 1.82) is 0 Å². The Morgan fingerprint density at radius 1 is 1.11 bits per heavy atom. The van der Waals surface area contributed by atoms with Gasteiger partial charge in [-0.15, -0.1) is 0 Å². The second-order valence-electron chi connectivity index (χ2n) is 5.49. The van der Waals surface area contributed by atoms with E-state index in [2.05, 4.69) is 4.98 Å². The summed E-state index contributed by atoms with van der Waals surface area (Å²) in [6.07, 6.45) is -3.38. The number of hydrogen-bond acceptors (Lipinski definition) is 3. The van der Waals surface area contributed by atoms with Crippen LogP contribution < -0.4 is 0 Å². The molecule has 0 aliphatic heterocycles. The van der Waals surface area contributed by atoms with Gasteiger partial charge in [-0.2, -0.15) is 13.2 Å². The van der Waals surface area contributed by atoms with Crippen molar-refractivity contribution < 1.29 is 27.5 Å². The van der Waals surface area contributed by atoms with Crippen LogP contribution >= 0.6 is 11.8 Å². The Labute approximate surface area is 155 Å². The molecule has 0 amide bonds. The van der Waals surface area contributed by atoms with E-state index in [-0.39, 0.29) is 22.2 Å². The van der Waals surface area contributed by atoms with E-state index in [0.29, 0.717) is 5.69 Å². The van der Waals surface area contributed by atoms with Gasteiger partial charge in [-0.05, 0) is 35.9 Å². The molecule has 27 heavy (non-hydrogen) atoms. The molecular formula is C18H12F4N2O2S. The average molecular weight is 396 g/mol. The van der Waals surface area contributed by atoms with Crippen molar-refractivity contribution in [2.45, 2.75) is 17.1 Å². The molecule has 3 aromatic rings. The summed E-state index contributed by atoms with van der Waals surface area (Å²) in [5.74, 6) is -1.81. The van der Waals surface area contributed by atoms with E-state index in [9.17, 15) is 27.5 Å². The third-order valence-electron chi connectivity index (χ3n) is 3.71. The number of aromatic nitrogens is 2. The molecule has 0 fully saturated rings. The quantitative estimate of drug-likeness (QED) is 0.486. The highest BCUT2D eigenvalue weighted by atomic mass is 32.2. The molecule has 0 aliphatic rings. The first-order chi connectivity index (χ1) is 12.8. The Bertz CT molecular complexity index is 968. The molecule has 1 N–H and O–H groups in total. The maximum Gasteiger partial charge on any atom is 0.416 e. The van der Waals surface area contributed by atoms with Crippen molar-refractivity contribution in [3.8, 4) is 5.69 Å². The normalized spacial score (nSPS) is 11.6. The fourth-order valence-corrected chi connectivity index (χ4v) is 3.49. The van der Waals surface area contributed by atoms with Crippen molar-refractivity contribution >= 4 is 17.7 Å². The highest BCUT2D eigenvalue weighted by Crippen LogP contribution is 2.35. The summed E-state index contributed by atoms with van der Waals surface area (Å²) in [5.41, 5.74) is -0.525. The zero-order chi connectivity index (χ0) is 19.6. The molecule has 4 nitrogen and oxygen atoms in total. The van der Waals surface area contributed by atoms with Crippen molar-refractivity contribution in [2.75, 3.05) is 0 Å². The highest BCUT2D eigenvalue weighted by Gasteiger charge is 2.33. The number of thioether (sulfide) groups is 1. The molecule has 0 atom stereocenters. The number of aromatic carboxylic acids is 1. The average Bonchev–Trinajstić information content (AvgIpc) is 3.04. The molecule has 0 aliphatic carbocycles. The SMILES string of the molecule is O=C(O)c1cnc(SCc2ccccc2C(F)(F)F)n1-c1ccc(F)cc1. The van der Waals surface area contributed by atoms with Crippen molar-refractivity contribution in [3.63, 3.8) is 0 Å². The Hall–Kier alpha value is -2.81. The Balaban J connectivity index is 1.95. The Kier molecular flexibility index (Phi) is 5.22. The first-order valence-electron chi connectivity index (χ1n) is 7.62. The molecule has 2 aromatic carbocycles. The third-order valence-corrected chi connectivity index (χ3v) is 4.71. The van der Waals surface area contributed by atoms with Gasteiger partial charge in [0.2, 0.25) is 0 Å². The van der Waals surface area contributed by atoms with E-state index < -0.39 is 23.5 Å². The summed E-state index contributed by atoms with van der Waals surface area (Å²) < 4.78 is 53.8. The second kappa shape index (κ2) is 7.43. The maximum absolute atomic E-state index is 13.2. The minimum Gasteiger partial charge on any atom is -0.477 e. The molecule has 140 valence electrons. The summed E-state index contributed by atoms with van der Waals surface area (Å²) in [6, 6.07) is 10.2. The lowest BCUT2D eigenvalue weighted by Gasteiger charge is -2.13. The highest BCUT2D eigenvalue weighted by molar-refractivity contribution is 7.98. The summed E-state index contributed by atoms with van der Waals surface area (Å²) >= 11 is 0.962. The van der Waals surface area contributed by atoms with Gasteiger partial charge >= 0.3 is 12.1 Å². The van der Waals surface area contributed by atoms with Crippen molar-refractivity contribution in [2.24, 2.45) is 0 Å². The number of rotatable bonds is 5. The number of carboxylic acids is 1. The smallest absolute Gasteiger partial charge is 0.416 e. The summed E-state index contributed by atoms with van der Waals surface area (Å²) in [5, 5.41) is 9.53. The fourth-order valence-electron chi connectivity index (χ4n) is 2.49. The van der Waals surface area contributed by atoms with E-state index in [0.717, 1.165) is 36.2 Å². The minimum absolute atomic E-state index is 0.0560. The standard InChI is InChI=1S/C18H12F4N2O2S/c19-12-5-7-13(8-6-12)24-15(16(25)26)9-23-17(24)27-10-11-3-1-2-4-14(11)18(20,21)22/h1-9H,10H2,(H,25,26). The predicted octanol–water partition coefficient (Wildman–Crippen LogP) is 5.02. The number of alkyl halides is 3. The topological polar surface area (TPSA) is 55.1 Å². The van der Waals surface area contributed by atoms with Crippen molar-refractivity contribution in [1.82, 2.24) is 9.55 Å². The summed E-state index contributed by atoms with van der Waals surface area (Å²) in [4.78, 5) is 15.5. The number of nitrogens with zero attached hydrogens (tertiary/aromatic N) is 2. The Morgan fingerprint density at radius 3 is 2.41 bits per heavy atom. The second-order valence-corrected chi connectivity index (χ2v) is 6.43. The number of halogens is 4. The van der Waals surface area contributed by atoms with Gasteiger partial charge in [0.25, 0.3) is 0 Å². The van der Waals surface area contributed by atoms with Gasteiger partial charge < -0.3 is 5.11 Å². The first kappa shape index (κ1) is 19.0. The van der Waals surface area contributed by atoms with E-state index in [1.807, 2.05) is 0 Å². The molecule has 1 heterocycles. The van der Waals surface area contributed by atoms with Crippen LogP contribution in [0, 0.1) is 5.82 Å². The number of carbonyl (C=O) groups is 1. The zero-order valence-electron chi connectivity index (χ0n) is 13.6. The van der Waals surface area contributed by atoms with Crippen LogP contribution in [-0.4, -0.2) is 20.6 Å². The largest absolute Gasteiger partial charge is 0.477 e. The van der Waals surface area contributed by atoms with Crippen molar-refractivity contribution in [3.05, 3.63) is 77.4 Å². The number of hydrogen-bond donors (Lipinski definition) is 1. The molecule has 0 saturated carbocycles. The summed E-state index contributed by atoms with van der Waals surface area (Å²) in [7, 11) is 0. The first-order valence-corrected chi connectivity index (χ1v) is 8.61. The number of carboxylic acid groups (broad SMARTS) is 1. The van der Waals surface area contributed by atoms with Gasteiger partial charge in [0.05, 0.1) is 11.8 Å². The minimum atomic E-state index is -4.49. The van der Waals surface area contributed by atoms with Crippen LogP contribution in [-0.2, 0) is 11.9 Å². The molecule has 9 heteroatoms. The molecule has 0 unspecified atom stereocenters. The van der Waals surface area contributed by atoms with Crippen LogP contribution in [0.1, 0.15) is 21.6 Å². The predicted molar refractivity (Wildman–Crippen MR) is 91.5 cm³/mol. The van der Waals surface area contributed by atoms with Crippen LogP contribution in [0.15, 0.2) is 59.9 Å². The molecule has 0 bridgehead atoms. The van der Waals surface area contributed by atoms with Gasteiger partial charge in [-0.1, -0.05) is 30.0 Å². The van der Waals surface area contributed by atoms with Crippen LogP contribution in [0.5, 0.6) is 0 Å². The van der Waals surface area contributed by atoms with E-state index in [1.54, 1.807) is 0 Å². The monoisotopic (exact) mass is 396 g/mol. The molecule has 1 aromatic heterocycles. The summed E-state index contributed by atoms with van der Waals surface area (Å²) in [6.45, 7) is 0. The van der Waals surface area contributed by atoms with Gasteiger partial charge in [0.1, 0.15) is 5.82 Å². The van der Waals surface area contributed by atoms with Crippen LogP contribution in [0.2, 0.25) is 0 Å². The van der Waals surface area contributed by atoms with Crippen LogP contribution in [0.25, 0.3) is 5.69 Å². The number of benzene rings is 2. The van der Waals surface area contributed by atoms with Crippen LogP contribution in [0.3, 0.4) is 0 Å². The van der Waals surface area contributed by atoms with Gasteiger partial charge in [-0.25, -0.2) is 14.2 Å². The lowest BCUT2D eigenvalue weighted by atomic mass is 10.1. The molecular weight excluding hydrogens is 384 g/mol. The molecule has 3 rings (SSSR count). The van der Waals surface area contributed by atoms with E-state index in [1.165, 1.54) is 34.9 Å². The molecule has 0 spiro atoms. The lowest BCUT2D eigenvalue weighted by Crippen LogP contribution is -2.09. The maximum atomic E-state index is 13.2. The lowest BCUT2D eigenvalue weighted by molar-refractivity contribution is -0.138.